The van der Waals surface area contributed by atoms with Gasteiger partial charge in [0.2, 0.25) is 5.91 Å². The maximum Gasteiger partial charge on any atom is 0.259 e. The second-order valence-electron chi connectivity index (χ2n) is 4.06. The largest absolute Gasteiger partial charge is 0.321 e. The number of carbonyl (C=O) groups is 2. The molecule has 2 unspecified atom stereocenters. The minimum atomic E-state index is -0.623. The van der Waals surface area contributed by atoms with Crippen molar-refractivity contribution < 1.29 is 9.59 Å². The summed E-state index contributed by atoms with van der Waals surface area (Å²) in [7, 11) is 0. The Balaban J connectivity index is 2.75. The van der Waals surface area contributed by atoms with E-state index >= 15 is 0 Å². The number of hydrogen-bond donors (Lipinski definition) is 2. The van der Waals surface area contributed by atoms with E-state index in [0.29, 0.717) is 18.7 Å². The normalized spacial score (nSPS) is 22.7. The summed E-state index contributed by atoms with van der Waals surface area (Å²) >= 11 is 0. The predicted octanol–water partition coefficient (Wildman–Crippen LogP) is 0.585. The zero-order valence-corrected chi connectivity index (χ0v) is 9.82. The van der Waals surface area contributed by atoms with E-state index in [9.17, 15) is 9.59 Å². The van der Waals surface area contributed by atoms with Crippen LogP contribution in [0.1, 0.15) is 39.5 Å². The zero-order chi connectivity index (χ0) is 12.1. The van der Waals surface area contributed by atoms with Crippen molar-refractivity contribution in [1.29, 1.82) is 0 Å². The summed E-state index contributed by atoms with van der Waals surface area (Å²) < 4.78 is 0. The quantitative estimate of drug-likeness (QED) is 0.671. The van der Waals surface area contributed by atoms with Crippen molar-refractivity contribution >= 4 is 17.6 Å². The first-order valence-electron chi connectivity index (χ1n) is 5.79. The average molecular weight is 225 g/mol. The highest BCUT2D eigenvalue weighted by molar-refractivity contribution is 6.17. The van der Waals surface area contributed by atoms with Crippen LogP contribution in [-0.4, -0.2) is 23.7 Å². The first kappa shape index (κ1) is 12.8. The maximum atomic E-state index is 11.6. The van der Waals surface area contributed by atoms with E-state index in [1.54, 1.807) is 0 Å². The molecule has 0 saturated carbocycles. The van der Waals surface area contributed by atoms with Gasteiger partial charge in [0.25, 0.3) is 5.91 Å². The number of carbonyl (C=O) groups excluding carboxylic acids is 2. The van der Waals surface area contributed by atoms with Crippen LogP contribution in [0.2, 0.25) is 0 Å². The fourth-order valence-corrected chi connectivity index (χ4v) is 1.72. The highest BCUT2D eigenvalue weighted by Crippen LogP contribution is 2.13. The first-order chi connectivity index (χ1) is 7.60. The number of hydrogen-bond acceptors (Lipinski definition) is 3. The summed E-state index contributed by atoms with van der Waals surface area (Å²) in [5, 5.41) is 2.63. The van der Waals surface area contributed by atoms with Gasteiger partial charge in [0.05, 0.1) is 6.04 Å². The number of amides is 2. The minimum absolute atomic E-state index is 0.261. The smallest absolute Gasteiger partial charge is 0.259 e. The molecule has 1 heterocycles. The lowest BCUT2D eigenvalue weighted by Gasteiger charge is -2.22. The Hall–Kier alpha value is -1.23. The molecule has 1 rings (SSSR count). The van der Waals surface area contributed by atoms with Crippen LogP contribution in [-0.2, 0) is 9.59 Å². The van der Waals surface area contributed by atoms with Gasteiger partial charge >= 0.3 is 0 Å². The fraction of sp³-hybridized carbons (Fsp3) is 0.727. The summed E-state index contributed by atoms with van der Waals surface area (Å²) in [6, 6.07) is -0.347. The van der Waals surface area contributed by atoms with E-state index in [-0.39, 0.29) is 17.9 Å². The predicted molar refractivity (Wildman–Crippen MR) is 61.9 cm³/mol. The van der Waals surface area contributed by atoms with E-state index in [1.807, 2.05) is 13.8 Å². The molecule has 0 aromatic carbocycles. The number of nitrogens with two attached hydrogens (primary N) is 1. The van der Waals surface area contributed by atoms with Crippen LogP contribution in [0, 0.1) is 5.92 Å². The lowest BCUT2D eigenvalue weighted by molar-refractivity contribution is -0.133. The molecule has 1 aliphatic rings. The molecule has 0 aromatic rings. The van der Waals surface area contributed by atoms with Crippen molar-refractivity contribution in [2.45, 2.75) is 45.6 Å². The van der Waals surface area contributed by atoms with Gasteiger partial charge in [-0.05, 0) is 12.8 Å². The average Bonchev–Trinajstić information content (AvgIpc) is 2.23. The van der Waals surface area contributed by atoms with Crippen LogP contribution >= 0.6 is 0 Å². The van der Waals surface area contributed by atoms with Gasteiger partial charge in [-0.2, -0.15) is 4.99 Å². The van der Waals surface area contributed by atoms with Crippen molar-refractivity contribution in [3.8, 4) is 0 Å². The van der Waals surface area contributed by atoms with Gasteiger partial charge in [-0.1, -0.05) is 26.7 Å². The first-order valence-corrected chi connectivity index (χ1v) is 5.79. The zero-order valence-electron chi connectivity index (χ0n) is 9.82. The molecular weight excluding hydrogens is 206 g/mol. The molecule has 0 aliphatic carbocycles. The van der Waals surface area contributed by atoms with Crippen molar-refractivity contribution in [3.63, 3.8) is 0 Å². The van der Waals surface area contributed by atoms with E-state index in [1.165, 1.54) is 0 Å². The molecule has 1 aliphatic heterocycles. The Bertz CT molecular complexity index is 312. The molecule has 3 N–H and O–H groups in total. The maximum absolute atomic E-state index is 11.6. The van der Waals surface area contributed by atoms with Crippen LogP contribution in [0.5, 0.6) is 0 Å². The van der Waals surface area contributed by atoms with E-state index in [4.69, 9.17) is 5.73 Å². The Kier molecular flexibility index (Phi) is 4.61. The molecule has 5 nitrogen and oxygen atoms in total. The molecule has 0 radical (unpaired) electrons. The van der Waals surface area contributed by atoms with Gasteiger partial charge in [-0.3, -0.25) is 9.59 Å². The molecule has 0 fully saturated rings. The standard InChI is InChI=1S/C11H19N3O2/c1-3-5-7-10(15)13-9(14-11(7)16)8(12)6-4-2/h7-8H,3-6,12H2,1-2H3,(H,13,14,15,16). The summed E-state index contributed by atoms with van der Waals surface area (Å²) in [6.45, 7) is 3.93. The number of nitrogens with one attached hydrogen (secondary N) is 1. The Morgan fingerprint density at radius 1 is 1.38 bits per heavy atom. The summed E-state index contributed by atoms with van der Waals surface area (Å²) in [5.74, 6) is -0.915. The lowest BCUT2D eigenvalue weighted by atomic mass is 9.99. The van der Waals surface area contributed by atoms with E-state index in [2.05, 4.69) is 10.3 Å². The summed E-state index contributed by atoms with van der Waals surface area (Å²) in [5.41, 5.74) is 5.81. The van der Waals surface area contributed by atoms with Crippen LogP contribution in [0.3, 0.4) is 0 Å². The Morgan fingerprint density at radius 2 is 2.06 bits per heavy atom. The molecule has 2 amide bonds. The molecule has 0 spiro atoms. The van der Waals surface area contributed by atoms with Crippen molar-refractivity contribution in [3.05, 3.63) is 0 Å². The number of rotatable bonds is 5. The van der Waals surface area contributed by atoms with E-state index in [0.717, 1.165) is 12.8 Å². The topological polar surface area (TPSA) is 84.5 Å². The van der Waals surface area contributed by atoms with Gasteiger partial charge in [0, 0.05) is 0 Å². The number of aliphatic imine (C=N–C) groups is 1. The third-order valence-electron chi connectivity index (χ3n) is 2.62. The van der Waals surface area contributed by atoms with Gasteiger partial charge in [-0.15, -0.1) is 0 Å². The SMILES string of the molecule is CCCC(N)C1=NC(=O)C(CCC)C(=O)N1. The molecule has 0 saturated heterocycles. The van der Waals surface area contributed by atoms with Gasteiger partial charge in [0.1, 0.15) is 11.8 Å². The number of amidine groups is 1. The second-order valence-corrected chi connectivity index (χ2v) is 4.06. The summed E-state index contributed by atoms with van der Waals surface area (Å²) in [4.78, 5) is 27.1. The molecular formula is C11H19N3O2. The highest BCUT2D eigenvalue weighted by Gasteiger charge is 2.32. The molecule has 5 heteroatoms. The van der Waals surface area contributed by atoms with Crippen LogP contribution < -0.4 is 11.1 Å². The molecule has 0 bridgehead atoms. The summed E-state index contributed by atoms with van der Waals surface area (Å²) in [6.07, 6.45) is 2.94. The van der Waals surface area contributed by atoms with Crippen LogP contribution in [0.25, 0.3) is 0 Å². The van der Waals surface area contributed by atoms with Crippen molar-refractivity contribution in [1.82, 2.24) is 5.32 Å². The highest BCUT2D eigenvalue weighted by atomic mass is 16.2. The Morgan fingerprint density at radius 3 is 2.56 bits per heavy atom. The molecule has 0 aromatic heterocycles. The van der Waals surface area contributed by atoms with Gasteiger partial charge in [-0.25, -0.2) is 0 Å². The van der Waals surface area contributed by atoms with Crippen molar-refractivity contribution in [2.24, 2.45) is 16.6 Å². The van der Waals surface area contributed by atoms with E-state index < -0.39 is 5.92 Å². The molecule has 16 heavy (non-hydrogen) atoms. The van der Waals surface area contributed by atoms with Crippen LogP contribution in [0.15, 0.2) is 4.99 Å². The fourth-order valence-electron chi connectivity index (χ4n) is 1.72. The van der Waals surface area contributed by atoms with Gasteiger partial charge < -0.3 is 11.1 Å². The monoisotopic (exact) mass is 225 g/mol. The van der Waals surface area contributed by atoms with Crippen molar-refractivity contribution in [2.75, 3.05) is 0 Å². The number of nitrogens with zero attached hydrogens (tertiary/aromatic N) is 1. The minimum Gasteiger partial charge on any atom is -0.321 e. The molecule has 2 atom stereocenters. The molecule has 90 valence electrons. The third kappa shape index (κ3) is 2.88. The van der Waals surface area contributed by atoms with Crippen LogP contribution in [0.4, 0.5) is 0 Å². The lowest BCUT2D eigenvalue weighted by Crippen LogP contribution is -2.51. The second kappa shape index (κ2) is 5.75. The third-order valence-corrected chi connectivity index (χ3v) is 2.62. The Labute approximate surface area is 95.5 Å². The van der Waals surface area contributed by atoms with Gasteiger partial charge in [0.15, 0.2) is 0 Å².